The molecule has 3 aliphatic rings. The lowest BCUT2D eigenvalue weighted by molar-refractivity contribution is -0.127. The van der Waals surface area contributed by atoms with Crippen LogP contribution >= 0.6 is 0 Å². The summed E-state index contributed by atoms with van der Waals surface area (Å²) in [5.41, 5.74) is 1.23. The Bertz CT molecular complexity index is 729. The van der Waals surface area contributed by atoms with Crippen molar-refractivity contribution in [2.24, 2.45) is 5.92 Å². The van der Waals surface area contributed by atoms with E-state index < -0.39 is 5.75 Å². The van der Waals surface area contributed by atoms with Gasteiger partial charge in [0.2, 0.25) is 5.75 Å². The molecule has 1 aromatic rings. The molecule has 1 heterocycles. The first-order chi connectivity index (χ1) is 11.5. The number of phenolic OH excluding ortho intramolecular Hbond substituents is 3. The number of Topliss-reactive ketones (excluding diaryl/α,β-unsaturated/α-hetero) is 1. The van der Waals surface area contributed by atoms with E-state index in [0.29, 0.717) is 30.7 Å². The van der Waals surface area contributed by atoms with Gasteiger partial charge in [-0.15, -0.1) is 6.58 Å². The Labute approximate surface area is 141 Å². The summed E-state index contributed by atoms with van der Waals surface area (Å²) in [5, 5.41) is 30.4. The number of aromatic hydroxyl groups is 3. The van der Waals surface area contributed by atoms with Crippen molar-refractivity contribution < 1.29 is 20.1 Å². The van der Waals surface area contributed by atoms with Crippen molar-refractivity contribution in [3.05, 3.63) is 29.8 Å². The van der Waals surface area contributed by atoms with Crippen LogP contribution in [0.5, 0.6) is 17.2 Å². The minimum absolute atomic E-state index is 0.229. The highest BCUT2D eigenvalue weighted by Gasteiger charge is 2.56. The number of hydrogen-bond donors (Lipinski definition) is 3. The molecule has 1 aliphatic heterocycles. The molecule has 1 saturated heterocycles. The highest BCUT2D eigenvalue weighted by Crippen LogP contribution is 2.58. The highest BCUT2D eigenvalue weighted by molar-refractivity contribution is 5.82. The van der Waals surface area contributed by atoms with Crippen LogP contribution in [0.25, 0.3) is 0 Å². The maximum absolute atomic E-state index is 12.3. The van der Waals surface area contributed by atoms with E-state index in [1.807, 2.05) is 6.08 Å². The molecule has 3 atom stereocenters. The maximum atomic E-state index is 12.3. The van der Waals surface area contributed by atoms with Crippen molar-refractivity contribution in [1.29, 1.82) is 0 Å². The molecule has 2 fully saturated rings. The Kier molecular flexibility index (Phi) is 3.39. The molecule has 0 amide bonds. The lowest BCUT2D eigenvalue weighted by Gasteiger charge is -2.58. The number of rotatable bonds is 2. The number of carbonyl (C=O) groups is 1. The predicted octanol–water partition coefficient (Wildman–Crippen LogP) is 2.23. The van der Waals surface area contributed by atoms with Crippen molar-refractivity contribution in [3.8, 4) is 17.2 Å². The van der Waals surface area contributed by atoms with Crippen LogP contribution in [0.1, 0.15) is 36.8 Å². The van der Waals surface area contributed by atoms with Gasteiger partial charge in [-0.1, -0.05) is 6.08 Å². The van der Waals surface area contributed by atoms with Gasteiger partial charge < -0.3 is 15.3 Å². The molecule has 5 heteroatoms. The van der Waals surface area contributed by atoms with Gasteiger partial charge in [-0.25, -0.2) is 0 Å². The standard InChI is InChI=1S/C19H23NO4/c1-2-6-20-7-5-19-10-11(21)3-4-13(19)15(20)8-12-14(19)9-16(22)18(24)17(12)23/h2,9,13,15,22-24H,1,3-8,10H2/t13-,15+,19-/m0/s1. The van der Waals surface area contributed by atoms with Gasteiger partial charge in [0, 0.05) is 36.4 Å². The summed E-state index contributed by atoms with van der Waals surface area (Å²) in [4.78, 5) is 14.6. The SMILES string of the molecule is C=CCN1CC[C@]23CC(=O)CC[C@H]2[C@H]1Cc1c3cc(O)c(O)c1O. The molecular formula is C19H23NO4. The number of nitrogens with zero attached hydrogens (tertiary/aromatic N) is 1. The Hall–Kier alpha value is -2.01. The van der Waals surface area contributed by atoms with Crippen LogP contribution in [-0.4, -0.2) is 45.1 Å². The summed E-state index contributed by atoms with van der Waals surface area (Å²) >= 11 is 0. The number of likely N-dealkylation sites (tertiary alicyclic amines) is 1. The van der Waals surface area contributed by atoms with Crippen molar-refractivity contribution in [3.63, 3.8) is 0 Å². The summed E-state index contributed by atoms with van der Waals surface area (Å²) < 4.78 is 0. The minimum atomic E-state index is -0.459. The van der Waals surface area contributed by atoms with Gasteiger partial charge in [0.1, 0.15) is 5.78 Å². The van der Waals surface area contributed by atoms with Gasteiger partial charge in [0.15, 0.2) is 11.5 Å². The van der Waals surface area contributed by atoms with Crippen molar-refractivity contribution in [2.45, 2.75) is 43.6 Å². The van der Waals surface area contributed by atoms with E-state index in [4.69, 9.17) is 0 Å². The van der Waals surface area contributed by atoms with E-state index in [9.17, 15) is 20.1 Å². The largest absolute Gasteiger partial charge is 0.504 e. The first-order valence-electron chi connectivity index (χ1n) is 8.62. The molecule has 1 saturated carbocycles. The third-order valence-electron chi connectivity index (χ3n) is 6.41. The smallest absolute Gasteiger partial charge is 0.200 e. The molecular weight excluding hydrogens is 306 g/mol. The Balaban J connectivity index is 1.92. The lowest BCUT2D eigenvalue weighted by atomic mass is 9.52. The highest BCUT2D eigenvalue weighted by atomic mass is 16.3. The fourth-order valence-corrected chi connectivity index (χ4v) is 5.40. The van der Waals surface area contributed by atoms with Gasteiger partial charge in [0.25, 0.3) is 0 Å². The van der Waals surface area contributed by atoms with Crippen LogP contribution in [0.15, 0.2) is 18.7 Å². The molecule has 1 aromatic carbocycles. The average Bonchev–Trinajstić information content (AvgIpc) is 2.56. The molecule has 5 nitrogen and oxygen atoms in total. The molecule has 4 rings (SSSR count). The molecule has 3 N–H and O–H groups in total. The van der Waals surface area contributed by atoms with Crippen LogP contribution in [0.4, 0.5) is 0 Å². The monoisotopic (exact) mass is 329 g/mol. The van der Waals surface area contributed by atoms with Gasteiger partial charge >= 0.3 is 0 Å². The topological polar surface area (TPSA) is 81.0 Å². The number of fused-ring (bicyclic) bond motifs is 1. The van der Waals surface area contributed by atoms with E-state index in [2.05, 4.69) is 11.5 Å². The van der Waals surface area contributed by atoms with Crippen LogP contribution in [0, 0.1) is 5.92 Å². The molecule has 0 unspecified atom stereocenters. The van der Waals surface area contributed by atoms with Crippen LogP contribution in [0.3, 0.4) is 0 Å². The zero-order valence-corrected chi connectivity index (χ0v) is 13.7. The summed E-state index contributed by atoms with van der Waals surface area (Å²) in [6.45, 7) is 5.50. The molecule has 2 bridgehead atoms. The van der Waals surface area contributed by atoms with E-state index in [1.165, 1.54) is 0 Å². The number of ketones is 1. The van der Waals surface area contributed by atoms with Crippen LogP contribution in [-0.2, 0) is 16.6 Å². The Morgan fingerprint density at radius 2 is 2.12 bits per heavy atom. The van der Waals surface area contributed by atoms with Gasteiger partial charge in [-0.05, 0) is 43.4 Å². The van der Waals surface area contributed by atoms with Gasteiger partial charge in [0.05, 0.1) is 0 Å². The third-order valence-corrected chi connectivity index (χ3v) is 6.41. The fourth-order valence-electron chi connectivity index (χ4n) is 5.40. The summed E-state index contributed by atoms with van der Waals surface area (Å²) in [6, 6.07) is 1.81. The number of benzene rings is 1. The number of hydrogen-bond acceptors (Lipinski definition) is 5. The molecule has 2 aliphatic carbocycles. The zero-order valence-electron chi connectivity index (χ0n) is 13.7. The quantitative estimate of drug-likeness (QED) is 0.573. The van der Waals surface area contributed by atoms with Crippen LogP contribution in [0.2, 0.25) is 0 Å². The normalized spacial score (nSPS) is 32.1. The first-order valence-corrected chi connectivity index (χ1v) is 8.62. The van der Waals surface area contributed by atoms with Gasteiger partial charge in [-0.3, -0.25) is 9.69 Å². The van der Waals surface area contributed by atoms with Crippen molar-refractivity contribution in [1.82, 2.24) is 4.90 Å². The lowest BCUT2D eigenvalue weighted by Crippen LogP contribution is -2.61. The Morgan fingerprint density at radius 1 is 1.33 bits per heavy atom. The second-order valence-electron chi connectivity index (χ2n) is 7.44. The van der Waals surface area contributed by atoms with E-state index in [-0.39, 0.29) is 28.7 Å². The molecule has 24 heavy (non-hydrogen) atoms. The molecule has 128 valence electrons. The maximum Gasteiger partial charge on any atom is 0.200 e. The zero-order chi connectivity index (χ0) is 17.1. The summed E-state index contributed by atoms with van der Waals surface area (Å²) in [5.74, 6) is -0.406. The summed E-state index contributed by atoms with van der Waals surface area (Å²) in [6.07, 6.45) is 5.26. The second-order valence-corrected chi connectivity index (χ2v) is 7.44. The Morgan fingerprint density at radius 3 is 2.88 bits per heavy atom. The van der Waals surface area contributed by atoms with Crippen molar-refractivity contribution in [2.75, 3.05) is 13.1 Å². The number of phenols is 3. The number of piperidine rings is 1. The fraction of sp³-hybridized carbons (Fsp3) is 0.526. The molecule has 0 aromatic heterocycles. The average molecular weight is 329 g/mol. The second kappa shape index (κ2) is 5.24. The summed E-state index contributed by atoms with van der Waals surface area (Å²) in [7, 11) is 0. The van der Waals surface area contributed by atoms with E-state index in [1.54, 1.807) is 6.07 Å². The predicted molar refractivity (Wildman–Crippen MR) is 89.3 cm³/mol. The molecule has 0 spiro atoms. The van der Waals surface area contributed by atoms with E-state index in [0.717, 1.165) is 31.5 Å². The minimum Gasteiger partial charge on any atom is -0.504 e. The molecule has 0 radical (unpaired) electrons. The first kappa shape index (κ1) is 15.5. The van der Waals surface area contributed by atoms with Gasteiger partial charge in [-0.2, -0.15) is 0 Å². The van der Waals surface area contributed by atoms with Crippen LogP contribution < -0.4 is 0 Å². The third kappa shape index (κ3) is 1.94. The number of carbonyl (C=O) groups excluding carboxylic acids is 1. The van der Waals surface area contributed by atoms with E-state index >= 15 is 0 Å². The van der Waals surface area contributed by atoms with Crippen molar-refractivity contribution >= 4 is 5.78 Å².